The number of rotatable bonds is 7. The monoisotopic (exact) mass is 237 g/mol. The van der Waals surface area contributed by atoms with Gasteiger partial charge < -0.3 is 5.32 Å². The number of unbranched alkanes of at least 4 members (excludes halogenated alkanes) is 4. The molecule has 0 aromatic heterocycles. The van der Waals surface area contributed by atoms with E-state index >= 15 is 0 Å². The number of nitrogens with one attached hydrogen (secondary N) is 1. The van der Waals surface area contributed by atoms with Gasteiger partial charge in [0.2, 0.25) is 5.91 Å². The van der Waals surface area contributed by atoms with Crippen molar-refractivity contribution in [1.29, 1.82) is 0 Å². The van der Waals surface area contributed by atoms with E-state index in [0.717, 1.165) is 24.8 Å². The lowest BCUT2D eigenvalue weighted by Crippen LogP contribution is -2.27. The number of fused-ring (bicyclic) bond motifs is 1. The molecule has 2 saturated carbocycles. The van der Waals surface area contributed by atoms with Gasteiger partial charge in [0.1, 0.15) is 0 Å². The lowest BCUT2D eigenvalue weighted by molar-refractivity contribution is -0.122. The van der Waals surface area contributed by atoms with Crippen molar-refractivity contribution in [2.45, 2.75) is 64.7 Å². The molecule has 0 saturated heterocycles. The first-order chi connectivity index (χ1) is 8.34. The van der Waals surface area contributed by atoms with Gasteiger partial charge in [-0.15, -0.1) is 0 Å². The molecular formula is C15H27NO. The lowest BCUT2D eigenvalue weighted by Gasteiger charge is -2.04. The molecule has 0 unspecified atom stereocenters. The number of carbonyl (C=O) groups excluding carboxylic acids is 1. The predicted molar refractivity (Wildman–Crippen MR) is 70.7 cm³/mol. The fraction of sp³-hybridized carbons (Fsp3) is 0.933. The highest BCUT2D eigenvalue weighted by atomic mass is 16.2. The zero-order valence-corrected chi connectivity index (χ0v) is 11.2. The Hall–Kier alpha value is -0.530. The highest BCUT2D eigenvalue weighted by Gasteiger charge is 2.54. The molecule has 0 aromatic carbocycles. The second kappa shape index (κ2) is 6.42. The maximum absolute atomic E-state index is 11.9. The van der Waals surface area contributed by atoms with E-state index in [1.807, 2.05) is 0 Å². The van der Waals surface area contributed by atoms with E-state index in [1.54, 1.807) is 0 Å². The normalized spacial score (nSPS) is 30.8. The van der Waals surface area contributed by atoms with E-state index in [1.165, 1.54) is 51.4 Å². The first-order valence-corrected chi connectivity index (χ1v) is 7.62. The summed E-state index contributed by atoms with van der Waals surface area (Å²) in [6, 6.07) is 0. The van der Waals surface area contributed by atoms with Crippen LogP contribution in [0.2, 0.25) is 0 Å². The van der Waals surface area contributed by atoms with Crippen molar-refractivity contribution in [3.05, 3.63) is 0 Å². The second-order valence-electron chi connectivity index (χ2n) is 5.84. The molecule has 17 heavy (non-hydrogen) atoms. The smallest absolute Gasteiger partial charge is 0.223 e. The Morgan fingerprint density at radius 1 is 1.06 bits per heavy atom. The number of carbonyl (C=O) groups is 1. The highest BCUT2D eigenvalue weighted by Crippen LogP contribution is 2.55. The van der Waals surface area contributed by atoms with E-state index in [2.05, 4.69) is 12.2 Å². The molecule has 1 N–H and O–H groups in total. The Balaban J connectivity index is 1.53. The van der Waals surface area contributed by atoms with E-state index in [9.17, 15) is 4.79 Å². The lowest BCUT2D eigenvalue weighted by atomic mass is 10.0. The van der Waals surface area contributed by atoms with Crippen molar-refractivity contribution >= 4 is 5.91 Å². The molecule has 0 heterocycles. The summed E-state index contributed by atoms with van der Waals surface area (Å²) in [4.78, 5) is 11.9. The van der Waals surface area contributed by atoms with Crippen LogP contribution in [0.3, 0.4) is 0 Å². The van der Waals surface area contributed by atoms with Gasteiger partial charge in [-0.2, -0.15) is 0 Å². The van der Waals surface area contributed by atoms with Crippen LogP contribution in [-0.2, 0) is 4.79 Å². The summed E-state index contributed by atoms with van der Waals surface area (Å²) >= 11 is 0. The van der Waals surface area contributed by atoms with Gasteiger partial charge in [-0.05, 0) is 31.1 Å². The Kier molecular flexibility index (Phi) is 4.87. The average Bonchev–Trinajstić information content (AvgIpc) is 3.07. The molecule has 2 atom stereocenters. The molecule has 0 aromatic rings. The fourth-order valence-electron chi connectivity index (χ4n) is 3.44. The van der Waals surface area contributed by atoms with Crippen LogP contribution in [0, 0.1) is 17.8 Å². The third kappa shape index (κ3) is 3.46. The van der Waals surface area contributed by atoms with Gasteiger partial charge >= 0.3 is 0 Å². The molecule has 2 rings (SSSR count). The summed E-state index contributed by atoms with van der Waals surface area (Å²) in [6.07, 6.45) is 11.7. The van der Waals surface area contributed by atoms with E-state index in [0.29, 0.717) is 11.8 Å². The van der Waals surface area contributed by atoms with Gasteiger partial charge in [-0.3, -0.25) is 4.79 Å². The van der Waals surface area contributed by atoms with Crippen LogP contribution in [-0.4, -0.2) is 12.5 Å². The maximum atomic E-state index is 11.9. The summed E-state index contributed by atoms with van der Waals surface area (Å²) in [7, 11) is 0. The van der Waals surface area contributed by atoms with Gasteiger partial charge in [-0.1, -0.05) is 45.4 Å². The Labute approximate surface area is 106 Å². The van der Waals surface area contributed by atoms with Crippen LogP contribution in [0.15, 0.2) is 0 Å². The summed E-state index contributed by atoms with van der Waals surface area (Å²) in [5.41, 5.74) is 0. The quantitative estimate of drug-likeness (QED) is 0.675. The molecule has 2 fully saturated rings. The zero-order chi connectivity index (χ0) is 12.1. The Morgan fingerprint density at radius 3 is 2.35 bits per heavy atom. The van der Waals surface area contributed by atoms with Crippen LogP contribution in [0.5, 0.6) is 0 Å². The molecule has 2 nitrogen and oxygen atoms in total. The van der Waals surface area contributed by atoms with Crippen LogP contribution in [0.25, 0.3) is 0 Å². The highest BCUT2D eigenvalue weighted by molar-refractivity contribution is 5.82. The van der Waals surface area contributed by atoms with Crippen molar-refractivity contribution in [3.8, 4) is 0 Å². The molecule has 1 amide bonds. The van der Waals surface area contributed by atoms with Crippen molar-refractivity contribution in [3.63, 3.8) is 0 Å². The minimum atomic E-state index is 0.359. The standard InChI is InChI=1S/C15H27NO/c1-2-3-4-5-8-11-16-15(17)14-12-9-6-7-10-13(12)14/h12-14H,2-11H2,1H3,(H,16,17)/t12-,13-/m0/s1. The molecule has 0 spiro atoms. The van der Waals surface area contributed by atoms with Crippen molar-refractivity contribution in [2.24, 2.45) is 17.8 Å². The summed E-state index contributed by atoms with van der Waals surface area (Å²) in [6.45, 7) is 3.13. The Morgan fingerprint density at radius 2 is 1.71 bits per heavy atom. The molecule has 0 radical (unpaired) electrons. The summed E-state index contributed by atoms with van der Waals surface area (Å²) in [5, 5.41) is 3.14. The third-order valence-corrected chi connectivity index (χ3v) is 4.54. The topological polar surface area (TPSA) is 29.1 Å². The van der Waals surface area contributed by atoms with Crippen molar-refractivity contribution in [1.82, 2.24) is 5.32 Å². The van der Waals surface area contributed by atoms with Gasteiger partial charge in [0.05, 0.1) is 0 Å². The molecular weight excluding hydrogens is 210 g/mol. The van der Waals surface area contributed by atoms with E-state index in [-0.39, 0.29) is 0 Å². The number of amides is 1. The van der Waals surface area contributed by atoms with Gasteiger partial charge in [0, 0.05) is 12.5 Å². The maximum Gasteiger partial charge on any atom is 0.223 e. The largest absolute Gasteiger partial charge is 0.356 e. The van der Waals surface area contributed by atoms with E-state index < -0.39 is 0 Å². The van der Waals surface area contributed by atoms with Crippen molar-refractivity contribution < 1.29 is 4.79 Å². The predicted octanol–water partition coefficient (Wildman–Crippen LogP) is 3.51. The van der Waals surface area contributed by atoms with E-state index in [4.69, 9.17) is 0 Å². The van der Waals surface area contributed by atoms with Gasteiger partial charge in [0.25, 0.3) is 0 Å². The SMILES string of the molecule is CCCCCCCNC(=O)C1[C@H]2CCCC[C@H]12. The van der Waals surface area contributed by atoms with Crippen LogP contribution < -0.4 is 5.32 Å². The first kappa shape index (κ1) is 12.9. The molecule has 2 aliphatic rings. The fourth-order valence-corrected chi connectivity index (χ4v) is 3.44. The number of hydrogen-bond donors (Lipinski definition) is 1. The van der Waals surface area contributed by atoms with Crippen LogP contribution >= 0.6 is 0 Å². The average molecular weight is 237 g/mol. The van der Waals surface area contributed by atoms with Gasteiger partial charge in [0.15, 0.2) is 0 Å². The second-order valence-corrected chi connectivity index (χ2v) is 5.84. The minimum absolute atomic E-state index is 0.359. The number of hydrogen-bond acceptors (Lipinski definition) is 1. The minimum Gasteiger partial charge on any atom is -0.356 e. The summed E-state index contributed by atoms with van der Waals surface area (Å²) < 4.78 is 0. The molecule has 2 heteroatoms. The molecule has 0 aliphatic heterocycles. The van der Waals surface area contributed by atoms with Crippen LogP contribution in [0.1, 0.15) is 64.7 Å². The van der Waals surface area contributed by atoms with Gasteiger partial charge in [-0.25, -0.2) is 0 Å². The third-order valence-electron chi connectivity index (χ3n) is 4.54. The van der Waals surface area contributed by atoms with Crippen LogP contribution in [0.4, 0.5) is 0 Å². The molecule has 0 bridgehead atoms. The first-order valence-electron chi connectivity index (χ1n) is 7.62. The molecule has 2 aliphatic carbocycles. The summed E-state index contributed by atoms with van der Waals surface area (Å²) in [5.74, 6) is 2.26. The van der Waals surface area contributed by atoms with Crippen molar-refractivity contribution in [2.75, 3.05) is 6.54 Å². The molecule has 98 valence electrons. The Bertz CT molecular complexity index is 239. The zero-order valence-electron chi connectivity index (χ0n) is 11.2.